The first-order valence-corrected chi connectivity index (χ1v) is 7.49. The first-order chi connectivity index (χ1) is 9.68. The Labute approximate surface area is 124 Å². The molecule has 2 aliphatic rings. The Morgan fingerprint density at radius 3 is 2.48 bits per heavy atom. The van der Waals surface area contributed by atoms with E-state index in [1.807, 2.05) is 0 Å². The topological polar surface area (TPSA) is 86.7 Å². The van der Waals surface area contributed by atoms with Crippen LogP contribution < -0.4 is 5.32 Å². The van der Waals surface area contributed by atoms with Gasteiger partial charge in [0.1, 0.15) is 6.04 Å². The van der Waals surface area contributed by atoms with E-state index in [9.17, 15) is 19.5 Å². The summed E-state index contributed by atoms with van der Waals surface area (Å²) in [6.45, 7) is 6.46. The third kappa shape index (κ3) is 3.95. The number of nitrogens with zero attached hydrogens (tertiary/aromatic N) is 1. The summed E-state index contributed by atoms with van der Waals surface area (Å²) < 4.78 is 0. The number of carboxylic acids is 1. The zero-order chi connectivity index (χ0) is 15.8. The highest BCUT2D eigenvalue weighted by atomic mass is 16.4. The average molecular weight is 296 g/mol. The zero-order valence-electron chi connectivity index (χ0n) is 12.9. The Hall–Kier alpha value is -1.59. The van der Waals surface area contributed by atoms with Crippen LogP contribution in [0, 0.1) is 17.3 Å². The van der Waals surface area contributed by atoms with Gasteiger partial charge in [0, 0.05) is 19.5 Å². The minimum Gasteiger partial charge on any atom is -0.480 e. The molecule has 1 aliphatic carbocycles. The van der Waals surface area contributed by atoms with Crippen molar-refractivity contribution < 1.29 is 19.5 Å². The first kappa shape index (κ1) is 15.8. The van der Waals surface area contributed by atoms with Crippen molar-refractivity contribution in [1.82, 2.24) is 10.2 Å². The summed E-state index contributed by atoms with van der Waals surface area (Å²) in [6.07, 6.45) is 2.51. The van der Waals surface area contributed by atoms with Gasteiger partial charge < -0.3 is 15.3 Å². The van der Waals surface area contributed by atoms with Gasteiger partial charge in [0.25, 0.3) is 0 Å². The molecule has 2 rings (SSSR count). The Morgan fingerprint density at radius 2 is 2.00 bits per heavy atom. The predicted molar refractivity (Wildman–Crippen MR) is 76.4 cm³/mol. The van der Waals surface area contributed by atoms with Crippen LogP contribution in [0.15, 0.2) is 0 Å². The van der Waals surface area contributed by atoms with E-state index in [0.29, 0.717) is 12.5 Å². The van der Waals surface area contributed by atoms with Gasteiger partial charge in [-0.2, -0.15) is 0 Å². The summed E-state index contributed by atoms with van der Waals surface area (Å²) in [5, 5.41) is 11.8. The number of hydrogen-bond donors (Lipinski definition) is 2. The number of aliphatic carboxylic acids is 1. The van der Waals surface area contributed by atoms with Crippen LogP contribution in [0.25, 0.3) is 0 Å². The van der Waals surface area contributed by atoms with Crippen LogP contribution in [0.2, 0.25) is 0 Å². The van der Waals surface area contributed by atoms with E-state index in [1.165, 1.54) is 0 Å². The van der Waals surface area contributed by atoms with Gasteiger partial charge in [-0.1, -0.05) is 20.8 Å². The van der Waals surface area contributed by atoms with E-state index in [4.69, 9.17) is 0 Å². The van der Waals surface area contributed by atoms with E-state index >= 15 is 0 Å². The second-order valence-electron chi connectivity index (χ2n) is 7.29. The van der Waals surface area contributed by atoms with Crippen LogP contribution >= 0.6 is 0 Å². The van der Waals surface area contributed by atoms with Crippen LogP contribution in [0.5, 0.6) is 0 Å². The van der Waals surface area contributed by atoms with Gasteiger partial charge in [-0.05, 0) is 24.2 Å². The van der Waals surface area contributed by atoms with Crippen molar-refractivity contribution in [2.24, 2.45) is 17.3 Å². The maximum Gasteiger partial charge on any atom is 0.326 e. The molecule has 118 valence electrons. The molecule has 0 aromatic rings. The number of carbonyl (C=O) groups excluding carboxylic acids is 2. The lowest BCUT2D eigenvalue weighted by Crippen LogP contribution is -2.51. The molecule has 1 heterocycles. The van der Waals surface area contributed by atoms with E-state index in [0.717, 1.165) is 19.4 Å². The monoisotopic (exact) mass is 296 g/mol. The highest BCUT2D eigenvalue weighted by Crippen LogP contribution is 2.32. The van der Waals surface area contributed by atoms with Crippen molar-refractivity contribution in [3.63, 3.8) is 0 Å². The second kappa shape index (κ2) is 5.66. The molecular formula is C15H24N2O4. The van der Waals surface area contributed by atoms with Crippen molar-refractivity contribution >= 4 is 17.8 Å². The summed E-state index contributed by atoms with van der Waals surface area (Å²) in [5.41, 5.74) is -0.572. The SMILES string of the molecule is CC(C)(C)C(NC(=O)C1CC(=O)N(CC2CC2)C1)C(=O)O. The fraction of sp³-hybridized carbons (Fsp3) is 0.800. The molecule has 0 bridgehead atoms. The van der Waals surface area contributed by atoms with Crippen molar-refractivity contribution in [1.29, 1.82) is 0 Å². The largest absolute Gasteiger partial charge is 0.480 e. The van der Waals surface area contributed by atoms with Crippen LogP contribution in [0.3, 0.4) is 0 Å². The summed E-state index contributed by atoms with van der Waals surface area (Å²) in [6, 6.07) is -0.947. The van der Waals surface area contributed by atoms with Gasteiger partial charge in [0.15, 0.2) is 0 Å². The molecule has 2 unspecified atom stereocenters. The summed E-state index contributed by atoms with van der Waals surface area (Å²) in [5.74, 6) is -1.21. The highest BCUT2D eigenvalue weighted by molar-refractivity contribution is 5.91. The number of hydrogen-bond acceptors (Lipinski definition) is 3. The number of amides is 2. The molecule has 6 nitrogen and oxygen atoms in total. The normalized spacial score (nSPS) is 24.0. The molecule has 2 atom stereocenters. The third-order valence-corrected chi connectivity index (χ3v) is 4.16. The van der Waals surface area contributed by atoms with E-state index < -0.39 is 23.3 Å². The lowest BCUT2D eigenvalue weighted by Gasteiger charge is -2.28. The van der Waals surface area contributed by atoms with Gasteiger partial charge in [0.2, 0.25) is 11.8 Å². The van der Waals surface area contributed by atoms with Crippen LogP contribution in [-0.2, 0) is 14.4 Å². The van der Waals surface area contributed by atoms with Gasteiger partial charge >= 0.3 is 5.97 Å². The van der Waals surface area contributed by atoms with E-state index in [2.05, 4.69) is 5.32 Å². The molecule has 6 heteroatoms. The van der Waals surface area contributed by atoms with Gasteiger partial charge in [0.05, 0.1) is 5.92 Å². The van der Waals surface area contributed by atoms with Crippen molar-refractivity contribution in [3.8, 4) is 0 Å². The van der Waals surface area contributed by atoms with Crippen LogP contribution in [0.4, 0.5) is 0 Å². The molecule has 1 saturated heterocycles. The second-order valence-corrected chi connectivity index (χ2v) is 7.29. The molecule has 21 heavy (non-hydrogen) atoms. The Balaban J connectivity index is 1.93. The van der Waals surface area contributed by atoms with Gasteiger partial charge in [-0.3, -0.25) is 9.59 Å². The van der Waals surface area contributed by atoms with E-state index in [1.54, 1.807) is 25.7 Å². The van der Waals surface area contributed by atoms with E-state index in [-0.39, 0.29) is 18.2 Å². The average Bonchev–Trinajstić information content (AvgIpc) is 3.08. The summed E-state index contributed by atoms with van der Waals surface area (Å²) in [7, 11) is 0. The lowest BCUT2D eigenvalue weighted by molar-refractivity contribution is -0.145. The lowest BCUT2D eigenvalue weighted by atomic mass is 9.86. The summed E-state index contributed by atoms with van der Waals surface area (Å²) >= 11 is 0. The fourth-order valence-corrected chi connectivity index (χ4v) is 2.65. The number of carbonyl (C=O) groups is 3. The van der Waals surface area contributed by atoms with Crippen LogP contribution in [0.1, 0.15) is 40.0 Å². The Kier molecular flexibility index (Phi) is 4.25. The minimum atomic E-state index is -1.05. The molecule has 0 radical (unpaired) electrons. The molecule has 2 N–H and O–H groups in total. The molecule has 0 aromatic carbocycles. The fourth-order valence-electron chi connectivity index (χ4n) is 2.65. The number of likely N-dealkylation sites (tertiary alicyclic amines) is 1. The van der Waals surface area contributed by atoms with Crippen molar-refractivity contribution in [2.45, 2.75) is 46.1 Å². The highest BCUT2D eigenvalue weighted by Gasteiger charge is 2.40. The molecule has 1 aliphatic heterocycles. The smallest absolute Gasteiger partial charge is 0.326 e. The molecule has 2 amide bonds. The minimum absolute atomic E-state index is 0.00434. The maximum absolute atomic E-state index is 12.2. The molecule has 1 saturated carbocycles. The molecule has 0 aromatic heterocycles. The molecule has 0 spiro atoms. The maximum atomic E-state index is 12.2. The summed E-state index contributed by atoms with van der Waals surface area (Å²) in [4.78, 5) is 37.2. The standard InChI is InChI=1S/C15H24N2O4/c1-15(2,3)12(14(20)21)16-13(19)10-6-11(18)17(8-10)7-9-4-5-9/h9-10,12H,4-8H2,1-3H3,(H,16,19)(H,20,21). The predicted octanol–water partition coefficient (Wildman–Crippen LogP) is 0.860. The van der Waals surface area contributed by atoms with Gasteiger partial charge in [-0.25, -0.2) is 4.79 Å². The van der Waals surface area contributed by atoms with Crippen LogP contribution in [-0.4, -0.2) is 46.9 Å². The Bertz CT molecular complexity index is 451. The van der Waals surface area contributed by atoms with Crippen molar-refractivity contribution in [2.75, 3.05) is 13.1 Å². The quantitative estimate of drug-likeness (QED) is 0.788. The molecular weight excluding hydrogens is 272 g/mol. The number of nitrogens with one attached hydrogen (secondary N) is 1. The number of carboxylic acid groups (broad SMARTS) is 1. The van der Waals surface area contributed by atoms with Crippen molar-refractivity contribution in [3.05, 3.63) is 0 Å². The third-order valence-electron chi connectivity index (χ3n) is 4.16. The van der Waals surface area contributed by atoms with Gasteiger partial charge in [-0.15, -0.1) is 0 Å². The zero-order valence-corrected chi connectivity index (χ0v) is 12.9. The first-order valence-electron chi connectivity index (χ1n) is 7.49. The number of rotatable bonds is 5. The molecule has 2 fully saturated rings. The Morgan fingerprint density at radius 1 is 1.38 bits per heavy atom.